The van der Waals surface area contributed by atoms with E-state index in [2.05, 4.69) is 17.2 Å². The van der Waals surface area contributed by atoms with Crippen molar-refractivity contribution in [3.8, 4) is 22.9 Å². The van der Waals surface area contributed by atoms with Gasteiger partial charge in [-0.15, -0.1) is 0 Å². The van der Waals surface area contributed by atoms with Crippen molar-refractivity contribution in [2.24, 2.45) is 0 Å². The van der Waals surface area contributed by atoms with Gasteiger partial charge in [-0.1, -0.05) is 16.8 Å². The van der Waals surface area contributed by atoms with Crippen molar-refractivity contribution >= 4 is 11.6 Å². The van der Waals surface area contributed by atoms with Gasteiger partial charge >= 0.3 is 0 Å². The Bertz CT molecular complexity index is 880. The van der Waals surface area contributed by atoms with E-state index in [0.29, 0.717) is 29.9 Å². The van der Waals surface area contributed by atoms with Crippen LogP contribution in [-0.2, 0) is 13.1 Å². The highest BCUT2D eigenvalue weighted by molar-refractivity contribution is 6.30. The summed E-state index contributed by atoms with van der Waals surface area (Å²) in [5.74, 6) is 2.66. The summed E-state index contributed by atoms with van der Waals surface area (Å²) in [6, 6.07) is 13.4. The molecule has 1 aromatic heterocycles. The van der Waals surface area contributed by atoms with Gasteiger partial charge in [-0.25, -0.2) is 0 Å². The summed E-state index contributed by atoms with van der Waals surface area (Å²) < 4.78 is 16.4. The molecule has 1 heterocycles. The third-order valence-electron chi connectivity index (χ3n) is 4.06. The van der Waals surface area contributed by atoms with Gasteiger partial charge < -0.3 is 18.9 Å². The number of nitrogens with zero attached hydrogens (tertiary/aromatic N) is 2. The lowest BCUT2D eigenvalue weighted by atomic mass is 10.2. The molecule has 1 atom stereocenters. The first-order chi connectivity index (χ1) is 13.1. The molecule has 0 aliphatic heterocycles. The predicted molar refractivity (Wildman–Crippen MR) is 103 cm³/mol. The van der Waals surface area contributed by atoms with Crippen molar-refractivity contribution in [3.63, 3.8) is 0 Å². The van der Waals surface area contributed by atoms with Crippen LogP contribution in [0, 0.1) is 0 Å². The number of rotatable bonds is 8. The molecule has 0 bridgehead atoms. The largest absolute Gasteiger partial charge is 0.493 e. The molecular weight excluding hydrogens is 366 g/mol. The van der Waals surface area contributed by atoms with Gasteiger partial charge in [0.05, 0.1) is 20.8 Å². The normalized spacial score (nSPS) is 12.0. The zero-order valence-corrected chi connectivity index (χ0v) is 16.4. The lowest BCUT2D eigenvalue weighted by Gasteiger charge is -2.14. The fourth-order valence-corrected chi connectivity index (χ4v) is 2.93. The number of hydrogen-bond donors (Lipinski definition) is 1. The first kappa shape index (κ1) is 19.2. The third kappa shape index (κ3) is 4.99. The molecule has 142 valence electrons. The van der Waals surface area contributed by atoms with Crippen LogP contribution >= 0.6 is 11.6 Å². The van der Waals surface area contributed by atoms with E-state index in [4.69, 9.17) is 25.6 Å². The number of methoxy groups -OCH3 is 1. The van der Waals surface area contributed by atoms with Crippen LogP contribution in [0.15, 0.2) is 47.0 Å². The first-order valence-electron chi connectivity index (χ1n) is 8.78. The molecule has 0 amide bonds. The molecule has 0 fully saturated rings. The number of hydrogen-bond acceptors (Lipinski definition) is 5. The van der Waals surface area contributed by atoms with Gasteiger partial charge in [0, 0.05) is 16.1 Å². The molecular formula is C20H23ClN3O3+. The Balaban J connectivity index is 1.64. The highest BCUT2D eigenvalue weighted by Crippen LogP contribution is 2.27. The van der Waals surface area contributed by atoms with E-state index in [0.717, 1.165) is 29.2 Å². The summed E-state index contributed by atoms with van der Waals surface area (Å²) in [5, 5.41) is 4.73. The Kier molecular flexibility index (Phi) is 6.32. The monoisotopic (exact) mass is 388 g/mol. The van der Waals surface area contributed by atoms with E-state index in [-0.39, 0.29) is 0 Å². The lowest BCUT2D eigenvalue weighted by Crippen LogP contribution is -3.06. The molecule has 27 heavy (non-hydrogen) atoms. The van der Waals surface area contributed by atoms with Crippen molar-refractivity contribution in [2.75, 3.05) is 20.8 Å². The van der Waals surface area contributed by atoms with Crippen LogP contribution < -0.4 is 14.4 Å². The molecule has 0 saturated heterocycles. The summed E-state index contributed by atoms with van der Waals surface area (Å²) in [4.78, 5) is 5.69. The molecule has 3 rings (SSSR count). The molecule has 1 N–H and O–H groups in total. The Hall–Kier alpha value is -2.57. The number of nitrogens with one attached hydrogen (secondary N) is 1. The highest BCUT2D eigenvalue weighted by atomic mass is 35.5. The zero-order valence-electron chi connectivity index (χ0n) is 15.7. The number of ether oxygens (including phenoxy) is 2. The Morgan fingerprint density at radius 3 is 2.56 bits per heavy atom. The topological polar surface area (TPSA) is 61.8 Å². The Morgan fingerprint density at radius 2 is 1.85 bits per heavy atom. The molecule has 0 saturated carbocycles. The maximum absolute atomic E-state index is 5.91. The predicted octanol–water partition coefficient (Wildman–Crippen LogP) is 3.01. The van der Waals surface area contributed by atoms with Crippen LogP contribution in [0.4, 0.5) is 0 Å². The second-order valence-corrected chi connectivity index (χ2v) is 6.68. The second kappa shape index (κ2) is 8.88. The summed E-state index contributed by atoms with van der Waals surface area (Å²) in [5.41, 5.74) is 2.02. The minimum absolute atomic E-state index is 0.567. The lowest BCUT2D eigenvalue weighted by molar-refractivity contribution is -0.909. The van der Waals surface area contributed by atoms with Crippen molar-refractivity contribution in [1.82, 2.24) is 10.1 Å². The average molecular weight is 389 g/mol. The van der Waals surface area contributed by atoms with Gasteiger partial charge in [0.1, 0.15) is 6.54 Å². The maximum Gasteiger partial charge on any atom is 0.282 e. The number of halogens is 1. The zero-order chi connectivity index (χ0) is 19.2. The van der Waals surface area contributed by atoms with Gasteiger partial charge in [-0.3, -0.25) is 0 Å². The fourth-order valence-electron chi connectivity index (χ4n) is 2.81. The van der Waals surface area contributed by atoms with Crippen LogP contribution in [0.1, 0.15) is 18.4 Å². The molecule has 2 aromatic carbocycles. The summed E-state index contributed by atoms with van der Waals surface area (Å²) in [6.07, 6.45) is 0. The standard InChI is InChI=1S/C20H22ClN3O3/c1-4-26-17-10-5-14(11-18(17)25-3)12-24(2)13-19-22-20(23-27-19)15-6-8-16(21)9-7-15/h5-11H,4,12-13H2,1-3H3/p+1. The van der Waals surface area contributed by atoms with Crippen LogP contribution in [0.3, 0.4) is 0 Å². The highest BCUT2D eigenvalue weighted by Gasteiger charge is 2.15. The molecule has 0 radical (unpaired) electrons. The molecule has 6 nitrogen and oxygen atoms in total. The molecule has 0 spiro atoms. The van der Waals surface area contributed by atoms with Crippen LogP contribution in [-0.4, -0.2) is 30.9 Å². The second-order valence-electron chi connectivity index (χ2n) is 6.25. The number of aromatic nitrogens is 2. The molecule has 7 heteroatoms. The minimum atomic E-state index is 0.567. The smallest absolute Gasteiger partial charge is 0.282 e. The van der Waals surface area contributed by atoms with Crippen LogP contribution in [0.5, 0.6) is 11.5 Å². The van der Waals surface area contributed by atoms with Crippen molar-refractivity contribution in [3.05, 3.63) is 58.9 Å². The first-order valence-corrected chi connectivity index (χ1v) is 9.16. The molecule has 0 aliphatic carbocycles. The summed E-state index contributed by atoms with van der Waals surface area (Å²) in [7, 11) is 3.73. The van der Waals surface area contributed by atoms with Crippen molar-refractivity contribution in [2.45, 2.75) is 20.0 Å². The van der Waals surface area contributed by atoms with E-state index in [1.54, 1.807) is 7.11 Å². The summed E-state index contributed by atoms with van der Waals surface area (Å²) in [6.45, 7) is 3.97. The van der Waals surface area contributed by atoms with Gasteiger partial charge in [0.25, 0.3) is 5.89 Å². The maximum atomic E-state index is 5.91. The third-order valence-corrected chi connectivity index (χ3v) is 4.31. The van der Waals surface area contributed by atoms with Crippen molar-refractivity contribution < 1.29 is 18.9 Å². The fraction of sp³-hybridized carbons (Fsp3) is 0.300. The molecule has 3 aromatic rings. The van der Waals surface area contributed by atoms with Crippen LogP contribution in [0.25, 0.3) is 11.4 Å². The van der Waals surface area contributed by atoms with E-state index in [9.17, 15) is 0 Å². The molecule has 0 aliphatic rings. The number of benzene rings is 2. The SMILES string of the molecule is CCOc1ccc(C[NH+](C)Cc2nc(-c3ccc(Cl)cc3)no2)cc1OC. The quantitative estimate of drug-likeness (QED) is 0.642. The minimum Gasteiger partial charge on any atom is -0.493 e. The van der Waals surface area contributed by atoms with E-state index in [1.165, 1.54) is 4.90 Å². The van der Waals surface area contributed by atoms with E-state index in [1.807, 2.05) is 49.4 Å². The molecule has 1 unspecified atom stereocenters. The Morgan fingerprint density at radius 1 is 1.07 bits per heavy atom. The summed E-state index contributed by atoms with van der Waals surface area (Å²) >= 11 is 5.91. The van der Waals surface area contributed by atoms with Crippen LogP contribution in [0.2, 0.25) is 5.02 Å². The number of quaternary nitrogens is 1. The van der Waals surface area contributed by atoms with E-state index < -0.39 is 0 Å². The van der Waals surface area contributed by atoms with Gasteiger partial charge in [-0.2, -0.15) is 4.98 Å². The Labute approximate surface area is 163 Å². The van der Waals surface area contributed by atoms with Gasteiger partial charge in [-0.05, 0) is 49.4 Å². The van der Waals surface area contributed by atoms with Crippen molar-refractivity contribution in [1.29, 1.82) is 0 Å². The van der Waals surface area contributed by atoms with Gasteiger partial charge in [0.2, 0.25) is 5.82 Å². The van der Waals surface area contributed by atoms with E-state index >= 15 is 0 Å². The average Bonchev–Trinajstić information content (AvgIpc) is 3.12. The van der Waals surface area contributed by atoms with Gasteiger partial charge in [0.15, 0.2) is 18.0 Å².